The number of benzene rings is 1. The molecule has 1 aliphatic heterocycles. The number of anilines is 2. The van der Waals surface area contributed by atoms with Crippen LogP contribution in [0.15, 0.2) is 55.0 Å². The molecule has 3 aromatic heterocycles. The number of nitrogens with one attached hydrogen (secondary N) is 1. The van der Waals surface area contributed by atoms with E-state index in [0.717, 1.165) is 16.9 Å². The number of pyridine rings is 1. The van der Waals surface area contributed by atoms with Gasteiger partial charge in [0.05, 0.1) is 37.5 Å². The molecule has 1 N–H and O–H groups in total. The molecule has 192 valence electrons. The summed E-state index contributed by atoms with van der Waals surface area (Å²) in [5.74, 6) is 1.30. The Morgan fingerprint density at radius 3 is 2.78 bits per heavy atom. The van der Waals surface area contributed by atoms with Crippen LogP contribution < -0.4 is 10.1 Å². The molecule has 0 aliphatic carbocycles. The lowest BCUT2D eigenvalue weighted by Gasteiger charge is -2.36. The van der Waals surface area contributed by atoms with Gasteiger partial charge in [0.25, 0.3) is 5.91 Å². The zero-order valence-corrected chi connectivity index (χ0v) is 21.4. The second-order valence-electron chi connectivity index (χ2n) is 8.78. The smallest absolute Gasteiger partial charge is 0.271 e. The number of carbonyl (C=O) groups is 1. The number of amides is 1. The van der Waals surface area contributed by atoms with Crippen LogP contribution in [-0.2, 0) is 24.9 Å². The Balaban J connectivity index is 1.47. The van der Waals surface area contributed by atoms with E-state index in [1.54, 1.807) is 35.2 Å². The van der Waals surface area contributed by atoms with Gasteiger partial charge in [-0.15, -0.1) is 0 Å². The Morgan fingerprint density at radius 2 is 2.05 bits per heavy atom. The van der Waals surface area contributed by atoms with E-state index in [4.69, 9.17) is 21.1 Å². The average molecular weight is 525 g/mol. The monoisotopic (exact) mass is 524 g/mol. The van der Waals surface area contributed by atoms with Gasteiger partial charge in [-0.3, -0.25) is 9.48 Å². The first kappa shape index (κ1) is 24.8. The van der Waals surface area contributed by atoms with Crippen molar-refractivity contribution in [3.05, 3.63) is 77.1 Å². The standard InChI is InChI=1S/C26H26ClFN6O3/c1-32-25(6-7-30-32)31-24-10-20(21(27)11-29-24)16-9-22-26(35)34(19(15-36-2)14-33(22)12-16)13-17-8-18(28)4-5-23(17)37-3/h4-12,19H,13-15H2,1-3H3,(H,29,31)/t19-/m1/s1. The zero-order valence-electron chi connectivity index (χ0n) is 20.6. The van der Waals surface area contributed by atoms with Crippen molar-refractivity contribution in [1.82, 2.24) is 24.2 Å². The molecule has 9 nitrogen and oxygen atoms in total. The molecule has 1 amide bonds. The van der Waals surface area contributed by atoms with Crippen LogP contribution in [0.3, 0.4) is 0 Å². The Morgan fingerprint density at radius 1 is 1.22 bits per heavy atom. The summed E-state index contributed by atoms with van der Waals surface area (Å²) in [6.07, 6.45) is 5.17. The van der Waals surface area contributed by atoms with Gasteiger partial charge in [-0.2, -0.15) is 5.10 Å². The van der Waals surface area contributed by atoms with E-state index in [-0.39, 0.29) is 18.5 Å². The summed E-state index contributed by atoms with van der Waals surface area (Å²) >= 11 is 6.52. The predicted octanol–water partition coefficient (Wildman–Crippen LogP) is 4.50. The number of hydrogen-bond acceptors (Lipinski definition) is 6. The fraction of sp³-hybridized carbons (Fsp3) is 0.269. The lowest BCUT2D eigenvalue weighted by Crippen LogP contribution is -2.49. The van der Waals surface area contributed by atoms with Gasteiger partial charge in [0.15, 0.2) is 0 Å². The van der Waals surface area contributed by atoms with Crippen molar-refractivity contribution in [2.45, 2.75) is 19.1 Å². The molecule has 0 spiro atoms. The molecule has 11 heteroatoms. The summed E-state index contributed by atoms with van der Waals surface area (Å²) in [4.78, 5) is 19.8. The third-order valence-electron chi connectivity index (χ3n) is 6.41. The van der Waals surface area contributed by atoms with Crippen molar-refractivity contribution in [3.63, 3.8) is 0 Å². The van der Waals surface area contributed by atoms with E-state index in [9.17, 15) is 9.18 Å². The van der Waals surface area contributed by atoms with E-state index in [1.807, 2.05) is 36.0 Å². The summed E-state index contributed by atoms with van der Waals surface area (Å²) in [5, 5.41) is 7.84. The quantitative estimate of drug-likeness (QED) is 0.365. The number of aryl methyl sites for hydroxylation is 1. The summed E-state index contributed by atoms with van der Waals surface area (Å²) in [7, 11) is 4.94. The minimum atomic E-state index is -0.392. The fourth-order valence-electron chi connectivity index (χ4n) is 4.57. The Hall–Kier alpha value is -3.89. The average Bonchev–Trinajstić information content (AvgIpc) is 3.49. The number of ether oxygens (including phenoxy) is 2. The number of carbonyl (C=O) groups excluding carboxylic acids is 1. The lowest BCUT2D eigenvalue weighted by molar-refractivity contribution is 0.0386. The van der Waals surface area contributed by atoms with Crippen molar-refractivity contribution in [2.24, 2.45) is 7.05 Å². The first-order valence-corrected chi connectivity index (χ1v) is 12.0. The molecule has 0 unspecified atom stereocenters. The minimum absolute atomic E-state index is 0.184. The third-order valence-corrected chi connectivity index (χ3v) is 6.71. The number of aromatic nitrogens is 4. The maximum Gasteiger partial charge on any atom is 0.271 e. The minimum Gasteiger partial charge on any atom is -0.496 e. The van der Waals surface area contributed by atoms with Gasteiger partial charge < -0.3 is 24.3 Å². The molecule has 1 atom stereocenters. The molecule has 4 aromatic rings. The Bertz CT molecular complexity index is 1450. The highest BCUT2D eigenvalue weighted by molar-refractivity contribution is 6.33. The summed E-state index contributed by atoms with van der Waals surface area (Å²) in [6.45, 7) is 1.02. The molecule has 0 saturated heterocycles. The van der Waals surface area contributed by atoms with Crippen molar-refractivity contribution >= 4 is 29.1 Å². The molecule has 0 radical (unpaired) electrons. The number of rotatable bonds is 8. The highest BCUT2D eigenvalue weighted by atomic mass is 35.5. The van der Waals surface area contributed by atoms with Crippen LogP contribution in [0.2, 0.25) is 5.02 Å². The fourth-order valence-corrected chi connectivity index (χ4v) is 4.79. The lowest BCUT2D eigenvalue weighted by atomic mass is 10.1. The van der Waals surface area contributed by atoms with Crippen LogP contribution in [0.5, 0.6) is 5.75 Å². The van der Waals surface area contributed by atoms with Crippen LogP contribution in [-0.4, -0.2) is 57.0 Å². The summed E-state index contributed by atoms with van der Waals surface area (Å²) < 4.78 is 28.4. The molecular formula is C26H26ClFN6O3. The second-order valence-corrected chi connectivity index (χ2v) is 9.19. The van der Waals surface area contributed by atoms with Crippen molar-refractivity contribution in [2.75, 3.05) is 26.1 Å². The van der Waals surface area contributed by atoms with Gasteiger partial charge in [0.2, 0.25) is 0 Å². The van der Waals surface area contributed by atoms with Crippen LogP contribution in [0.4, 0.5) is 16.0 Å². The van der Waals surface area contributed by atoms with Gasteiger partial charge in [0, 0.05) is 55.9 Å². The van der Waals surface area contributed by atoms with Crippen LogP contribution in [0, 0.1) is 5.82 Å². The molecular weight excluding hydrogens is 499 g/mol. The largest absolute Gasteiger partial charge is 0.496 e. The normalized spacial score (nSPS) is 15.1. The maximum atomic E-state index is 14.0. The topological polar surface area (TPSA) is 86.4 Å². The summed E-state index contributed by atoms with van der Waals surface area (Å²) in [5.41, 5.74) is 2.61. The van der Waals surface area contributed by atoms with Gasteiger partial charge in [-0.25, -0.2) is 9.37 Å². The molecule has 0 saturated carbocycles. The van der Waals surface area contributed by atoms with E-state index in [0.29, 0.717) is 41.0 Å². The molecule has 4 heterocycles. The van der Waals surface area contributed by atoms with Gasteiger partial charge in [-0.05, 0) is 30.3 Å². The van der Waals surface area contributed by atoms with Crippen LogP contribution >= 0.6 is 11.6 Å². The van der Waals surface area contributed by atoms with Crippen LogP contribution in [0.1, 0.15) is 16.1 Å². The summed E-state index contributed by atoms with van der Waals surface area (Å²) in [6, 6.07) is 9.52. The molecule has 0 fully saturated rings. The SMILES string of the molecule is COC[C@H]1Cn2cc(-c3cc(Nc4ccnn4C)ncc3Cl)cc2C(=O)N1Cc1cc(F)ccc1OC. The molecule has 0 bridgehead atoms. The molecule has 5 rings (SSSR count). The Kier molecular flexibility index (Phi) is 6.86. The van der Waals surface area contributed by atoms with Gasteiger partial charge in [0.1, 0.15) is 28.9 Å². The predicted molar refractivity (Wildman–Crippen MR) is 138 cm³/mol. The molecule has 37 heavy (non-hydrogen) atoms. The first-order valence-electron chi connectivity index (χ1n) is 11.6. The number of methoxy groups -OCH3 is 2. The second kappa shape index (κ2) is 10.2. The molecule has 1 aliphatic rings. The van der Waals surface area contributed by atoms with Crippen molar-refractivity contribution in [3.8, 4) is 16.9 Å². The zero-order chi connectivity index (χ0) is 26.1. The number of nitrogens with zero attached hydrogens (tertiary/aromatic N) is 5. The van der Waals surface area contributed by atoms with Gasteiger partial charge >= 0.3 is 0 Å². The van der Waals surface area contributed by atoms with Crippen LogP contribution in [0.25, 0.3) is 11.1 Å². The maximum absolute atomic E-state index is 14.0. The van der Waals surface area contributed by atoms with E-state index < -0.39 is 5.82 Å². The van der Waals surface area contributed by atoms with E-state index in [2.05, 4.69) is 15.4 Å². The van der Waals surface area contributed by atoms with Crippen molar-refractivity contribution < 1.29 is 18.7 Å². The highest BCUT2D eigenvalue weighted by Crippen LogP contribution is 2.34. The van der Waals surface area contributed by atoms with E-state index in [1.165, 1.54) is 19.2 Å². The van der Waals surface area contributed by atoms with Gasteiger partial charge in [-0.1, -0.05) is 11.6 Å². The third kappa shape index (κ3) is 4.90. The number of hydrogen-bond donors (Lipinski definition) is 1. The van der Waals surface area contributed by atoms with E-state index >= 15 is 0 Å². The molecule has 1 aromatic carbocycles. The van der Waals surface area contributed by atoms with Crippen molar-refractivity contribution in [1.29, 1.82) is 0 Å². The first-order chi connectivity index (χ1) is 17.9. The Labute approximate surface area is 218 Å². The highest BCUT2D eigenvalue weighted by Gasteiger charge is 2.34. The number of fused-ring (bicyclic) bond motifs is 1. The number of halogens is 2.